The van der Waals surface area contributed by atoms with Crippen LogP contribution >= 0.6 is 0 Å². The highest BCUT2D eigenvalue weighted by Crippen LogP contribution is 2.08. The molecule has 0 radical (unpaired) electrons. The summed E-state index contributed by atoms with van der Waals surface area (Å²) in [5.74, 6) is 0. The molecule has 2 aromatic rings. The molecule has 3 N–H and O–H groups in total. The first kappa shape index (κ1) is 21.7. The van der Waals surface area contributed by atoms with Crippen molar-refractivity contribution in [1.82, 2.24) is 0 Å². The minimum atomic E-state index is 0. The fourth-order valence-corrected chi connectivity index (χ4v) is 1.78. The van der Waals surface area contributed by atoms with E-state index in [9.17, 15) is 0 Å². The molecule has 0 amide bonds. The summed E-state index contributed by atoms with van der Waals surface area (Å²) < 4.78 is 0. The fourth-order valence-electron chi connectivity index (χ4n) is 1.78. The molecule has 21 heavy (non-hydrogen) atoms. The van der Waals surface area contributed by atoms with Gasteiger partial charge in [0.15, 0.2) is 0 Å². The molecule has 0 saturated carbocycles. The predicted octanol–water partition coefficient (Wildman–Crippen LogP) is 4.01. The highest BCUT2D eigenvalue weighted by molar-refractivity contribution is 5.29. The van der Waals surface area contributed by atoms with Crippen LogP contribution in [0.2, 0.25) is 0 Å². The topological polar surface area (TPSA) is 51.7 Å². The lowest BCUT2D eigenvalue weighted by molar-refractivity contribution is 0.399. The number of hydrogen-bond acceptors (Lipinski definition) is 1. The van der Waals surface area contributed by atoms with E-state index in [0.29, 0.717) is 0 Å². The van der Waals surface area contributed by atoms with E-state index >= 15 is 0 Å². The molecule has 0 fully saturated rings. The van der Waals surface area contributed by atoms with Gasteiger partial charge in [0.2, 0.25) is 0 Å². The van der Waals surface area contributed by atoms with Crippen molar-refractivity contribution in [1.29, 1.82) is 0 Å². The molecule has 0 aliphatic heterocycles. The third kappa shape index (κ3) is 8.28. The SMILES string of the molecule is CO.Cc1ccc(C)c(C)c1.Cc1ccc(C)c(C)c1.O. The molecule has 0 saturated heterocycles. The molecule has 2 nitrogen and oxygen atoms in total. The third-order valence-electron chi connectivity index (χ3n) is 3.32. The van der Waals surface area contributed by atoms with Gasteiger partial charge in [0.05, 0.1) is 0 Å². The monoisotopic (exact) mass is 290 g/mol. The molecule has 0 spiro atoms. The summed E-state index contributed by atoms with van der Waals surface area (Å²) in [4.78, 5) is 0. The maximum absolute atomic E-state index is 7.00. The van der Waals surface area contributed by atoms with Crippen LogP contribution in [0.3, 0.4) is 0 Å². The van der Waals surface area contributed by atoms with Gasteiger partial charge in [-0.05, 0) is 63.8 Å². The Bertz CT molecular complexity index is 482. The van der Waals surface area contributed by atoms with Crippen LogP contribution in [0.25, 0.3) is 0 Å². The average Bonchev–Trinajstić information content (AvgIpc) is 2.42. The van der Waals surface area contributed by atoms with Gasteiger partial charge in [-0.2, -0.15) is 0 Å². The smallest absolute Gasteiger partial charge is 0.0319 e. The second kappa shape index (κ2) is 11.1. The van der Waals surface area contributed by atoms with Crippen LogP contribution in [-0.2, 0) is 0 Å². The van der Waals surface area contributed by atoms with E-state index in [0.717, 1.165) is 7.11 Å². The number of aliphatic hydroxyl groups excluding tert-OH is 1. The zero-order valence-corrected chi connectivity index (χ0v) is 14.4. The van der Waals surface area contributed by atoms with E-state index in [1.807, 2.05) is 0 Å². The van der Waals surface area contributed by atoms with Gasteiger partial charge < -0.3 is 10.6 Å². The number of aliphatic hydroxyl groups is 1. The lowest BCUT2D eigenvalue weighted by Gasteiger charge is -1.98. The van der Waals surface area contributed by atoms with Crippen molar-refractivity contribution < 1.29 is 10.6 Å². The number of hydrogen-bond donors (Lipinski definition) is 1. The second-order valence-electron chi connectivity index (χ2n) is 5.18. The molecule has 0 aliphatic rings. The maximum Gasteiger partial charge on any atom is 0.0319 e. The first-order valence-electron chi connectivity index (χ1n) is 6.92. The summed E-state index contributed by atoms with van der Waals surface area (Å²) >= 11 is 0. The maximum atomic E-state index is 7.00. The second-order valence-corrected chi connectivity index (χ2v) is 5.18. The Morgan fingerprint density at radius 2 is 0.810 bits per heavy atom. The van der Waals surface area contributed by atoms with Gasteiger partial charge in [0.25, 0.3) is 0 Å². The molecule has 2 rings (SSSR count). The summed E-state index contributed by atoms with van der Waals surface area (Å²) in [7, 11) is 1.00. The summed E-state index contributed by atoms with van der Waals surface area (Å²) in [6.45, 7) is 12.8. The van der Waals surface area contributed by atoms with Crippen molar-refractivity contribution in [3.8, 4) is 0 Å². The van der Waals surface area contributed by atoms with Gasteiger partial charge in [0, 0.05) is 7.11 Å². The highest BCUT2D eigenvalue weighted by Gasteiger charge is 1.89. The summed E-state index contributed by atoms with van der Waals surface area (Å²) in [6, 6.07) is 13.0. The zero-order chi connectivity index (χ0) is 15.7. The molecule has 0 unspecified atom stereocenters. The number of rotatable bonds is 0. The summed E-state index contributed by atoms with van der Waals surface area (Å²) in [6.07, 6.45) is 0. The minimum absolute atomic E-state index is 0. The molecular weight excluding hydrogens is 260 g/mol. The Balaban J connectivity index is 0. The van der Waals surface area contributed by atoms with E-state index < -0.39 is 0 Å². The van der Waals surface area contributed by atoms with Crippen molar-refractivity contribution in [3.63, 3.8) is 0 Å². The van der Waals surface area contributed by atoms with E-state index in [2.05, 4.69) is 77.9 Å². The average molecular weight is 290 g/mol. The largest absolute Gasteiger partial charge is 0.412 e. The Kier molecular flexibility index (Phi) is 11.4. The Labute approximate surface area is 129 Å². The van der Waals surface area contributed by atoms with Crippen molar-refractivity contribution in [2.75, 3.05) is 7.11 Å². The van der Waals surface area contributed by atoms with Crippen LogP contribution in [0.15, 0.2) is 36.4 Å². The normalized spacial score (nSPS) is 8.57. The molecule has 0 aromatic heterocycles. The van der Waals surface area contributed by atoms with Crippen LogP contribution in [0.1, 0.15) is 33.4 Å². The predicted molar refractivity (Wildman–Crippen MR) is 93.1 cm³/mol. The van der Waals surface area contributed by atoms with Crippen molar-refractivity contribution in [2.45, 2.75) is 41.5 Å². The first-order valence-corrected chi connectivity index (χ1v) is 6.92. The Morgan fingerprint density at radius 1 is 0.524 bits per heavy atom. The standard InChI is InChI=1S/2C9H12.CH4O.H2O/c2*1-7-4-5-8(2)9(3)6-7;1-2;/h2*4-6H,1-3H3;2H,1H3;1H2. The number of benzene rings is 2. The molecule has 0 atom stereocenters. The Hall–Kier alpha value is -1.64. The Morgan fingerprint density at radius 3 is 1.00 bits per heavy atom. The van der Waals surface area contributed by atoms with Crippen molar-refractivity contribution in [3.05, 3.63) is 69.8 Å². The molecule has 2 aromatic carbocycles. The van der Waals surface area contributed by atoms with Crippen molar-refractivity contribution in [2.24, 2.45) is 0 Å². The van der Waals surface area contributed by atoms with Gasteiger partial charge in [-0.15, -0.1) is 0 Å². The van der Waals surface area contributed by atoms with Gasteiger partial charge in [-0.3, -0.25) is 0 Å². The van der Waals surface area contributed by atoms with Gasteiger partial charge in [-0.25, -0.2) is 0 Å². The quantitative estimate of drug-likeness (QED) is 0.783. The fraction of sp³-hybridized carbons (Fsp3) is 0.368. The molecule has 2 heteroatoms. The van der Waals surface area contributed by atoms with E-state index in [1.54, 1.807) is 0 Å². The molecule has 0 aliphatic carbocycles. The third-order valence-corrected chi connectivity index (χ3v) is 3.32. The van der Waals surface area contributed by atoms with Crippen LogP contribution in [0.5, 0.6) is 0 Å². The van der Waals surface area contributed by atoms with Crippen LogP contribution < -0.4 is 0 Å². The van der Waals surface area contributed by atoms with Crippen LogP contribution in [-0.4, -0.2) is 17.7 Å². The number of aryl methyl sites for hydroxylation is 6. The molecular formula is C19H30O2. The van der Waals surface area contributed by atoms with E-state index in [1.165, 1.54) is 33.4 Å². The van der Waals surface area contributed by atoms with E-state index in [-0.39, 0.29) is 5.48 Å². The van der Waals surface area contributed by atoms with Crippen LogP contribution in [0.4, 0.5) is 0 Å². The molecule has 118 valence electrons. The lowest BCUT2D eigenvalue weighted by atomic mass is 10.1. The van der Waals surface area contributed by atoms with Gasteiger partial charge in [0.1, 0.15) is 0 Å². The first-order chi connectivity index (χ1) is 9.40. The summed E-state index contributed by atoms with van der Waals surface area (Å²) in [5.41, 5.74) is 8.21. The van der Waals surface area contributed by atoms with Crippen molar-refractivity contribution >= 4 is 0 Å². The molecule has 0 bridgehead atoms. The van der Waals surface area contributed by atoms with Crippen LogP contribution in [0, 0.1) is 41.5 Å². The van der Waals surface area contributed by atoms with E-state index in [4.69, 9.17) is 5.11 Å². The zero-order valence-electron chi connectivity index (χ0n) is 14.4. The van der Waals surface area contributed by atoms with Gasteiger partial charge in [-0.1, -0.05) is 47.5 Å². The van der Waals surface area contributed by atoms with Gasteiger partial charge >= 0.3 is 0 Å². The summed E-state index contributed by atoms with van der Waals surface area (Å²) in [5, 5.41) is 7.00. The lowest BCUT2D eigenvalue weighted by Crippen LogP contribution is -1.79. The minimum Gasteiger partial charge on any atom is -0.412 e. The molecule has 0 heterocycles. The highest BCUT2D eigenvalue weighted by atomic mass is 16.2.